The SMILES string of the molecule is Cc1c(CNC(=O)NCC(C)CCO)oc2ccccc12. The standard InChI is InChI=1S/C16H22N2O3/c1-11(7-8-19)9-17-16(20)18-10-15-12(2)13-5-3-4-6-14(13)21-15/h3-6,11,19H,7-10H2,1-2H3,(H2,17,18,20). The predicted octanol–water partition coefficient (Wildman–Crippen LogP) is 2.56. The molecule has 1 aromatic heterocycles. The first-order valence-corrected chi connectivity index (χ1v) is 7.21. The first kappa shape index (κ1) is 15.4. The Kier molecular flexibility index (Phi) is 5.22. The highest BCUT2D eigenvalue weighted by Gasteiger charge is 2.11. The summed E-state index contributed by atoms with van der Waals surface area (Å²) >= 11 is 0. The first-order chi connectivity index (χ1) is 10.1. The molecule has 1 heterocycles. The van der Waals surface area contributed by atoms with Gasteiger partial charge in [-0.05, 0) is 25.3 Å². The summed E-state index contributed by atoms with van der Waals surface area (Å²) in [5, 5.41) is 15.5. The van der Waals surface area contributed by atoms with Gasteiger partial charge in [-0.15, -0.1) is 0 Å². The summed E-state index contributed by atoms with van der Waals surface area (Å²) in [6, 6.07) is 7.60. The average Bonchev–Trinajstić information content (AvgIpc) is 2.80. The molecular weight excluding hydrogens is 268 g/mol. The molecule has 0 radical (unpaired) electrons. The van der Waals surface area contributed by atoms with Gasteiger partial charge in [-0.25, -0.2) is 4.79 Å². The third-order valence-electron chi connectivity index (χ3n) is 3.58. The van der Waals surface area contributed by atoms with Gasteiger partial charge in [-0.3, -0.25) is 0 Å². The maximum absolute atomic E-state index is 11.7. The zero-order valence-corrected chi connectivity index (χ0v) is 12.5. The van der Waals surface area contributed by atoms with Crippen LogP contribution in [-0.4, -0.2) is 24.3 Å². The molecular formula is C16H22N2O3. The molecule has 0 saturated carbocycles. The van der Waals surface area contributed by atoms with Gasteiger partial charge < -0.3 is 20.2 Å². The van der Waals surface area contributed by atoms with Crippen molar-refractivity contribution in [2.75, 3.05) is 13.2 Å². The first-order valence-electron chi connectivity index (χ1n) is 7.21. The third kappa shape index (κ3) is 3.98. The van der Waals surface area contributed by atoms with Gasteiger partial charge in [-0.1, -0.05) is 25.1 Å². The van der Waals surface area contributed by atoms with E-state index >= 15 is 0 Å². The number of amides is 2. The largest absolute Gasteiger partial charge is 0.459 e. The van der Waals surface area contributed by atoms with Gasteiger partial charge in [0, 0.05) is 24.1 Å². The van der Waals surface area contributed by atoms with Gasteiger partial charge in [0.2, 0.25) is 0 Å². The number of aliphatic hydroxyl groups is 1. The van der Waals surface area contributed by atoms with Crippen LogP contribution in [0.3, 0.4) is 0 Å². The highest BCUT2D eigenvalue weighted by molar-refractivity contribution is 5.82. The number of urea groups is 1. The zero-order chi connectivity index (χ0) is 15.2. The van der Waals surface area contributed by atoms with Crippen molar-refractivity contribution in [3.8, 4) is 0 Å². The van der Waals surface area contributed by atoms with Crippen LogP contribution in [0.5, 0.6) is 0 Å². The molecule has 1 atom stereocenters. The Bertz CT molecular complexity index is 607. The lowest BCUT2D eigenvalue weighted by atomic mass is 10.1. The van der Waals surface area contributed by atoms with E-state index in [0.717, 1.165) is 22.3 Å². The summed E-state index contributed by atoms with van der Waals surface area (Å²) in [6.07, 6.45) is 0.683. The second-order valence-corrected chi connectivity index (χ2v) is 5.33. The maximum Gasteiger partial charge on any atom is 0.315 e. The van der Waals surface area contributed by atoms with Crippen LogP contribution in [0.4, 0.5) is 4.79 Å². The van der Waals surface area contributed by atoms with Crippen molar-refractivity contribution in [3.05, 3.63) is 35.6 Å². The monoisotopic (exact) mass is 290 g/mol. The maximum atomic E-state index is 11.7. The average molecular weight is 290 g/mol. The highest BCUT2D eigenvalue weighted by Crippen LogP contribution is 2.24. The third-order valence-corrected chi connectivity index (χ3v) is 3.58. The highest BCUT2D eigenvalue weighted by atomic mass is 16.3. The Morgan fingerprint density at radius 2 is 2.10 bits per heavy atom. The van der Waals surface area contributed by atoms with Crippen molar-refractivity contribution in [2.24, 2.45) is 5.92 Å². The number of rotatable bonds is 6. The number of aliphatic hydroxyl groups excluding tert-OH is 1. The molecule has 1 aromatic carbocycles. The van der Waals surface area contributed by atoms with E-state index in [9.17, 15) is 4.79 Å². The van der Waals surface area contributed by atoms with Crippen molar-refractivity contribution in [3.63, 3.8) is 0 Å². The summed E-state index contributed by atoms with van der Waals surface area (Å²) < 4.78 is 5.74. The number of hydrogen-bond donors (Lipinski definition) is 3. The Morgan fingerprint density at radius 1 is 1.33 bits per heavy atom. The van der Waals surface area contributed by atoms with Crippen LogP contribution < -0.4 is 10.6 Å². The fraction of sp³-hybridized carbons (Fsp3) is 0.438. The van der Waals surface area contributed by atoms with Gasteiger partial charge in [0.05, 0.1) is 6.54 Å². The Labute approximate surface area is 124 Å². The number of para-hydroxylation sites is 1. The van der Waals surface area contributed by atoms with Crippen LogP contribution in [0.2, 0.25) is 0 Å². The lowest BCUT2D eigenvalue weighted by molar-refractivity contribution is 0.233. The van der Waals surface area contributed by atoms with E-state index in [-0.39, 0.29) is 18.6 Å². The quantitative estimate of drug-likeness (QED) is 0.765. The van der Waals surface area contributed by atoms with E-state index in [1.807, 2.05) is 38.1 Å². The smallest absolute Gasteiger partial charge is 0.315 e. The molecule has 0 aliphatic carbocycles. The van der Waals surface area contributed by atoms with Crippen molar-refractivity contribution in [1.29, 1.82) is 0 Å². The molecule has 114 valence electrons. The minimum Gasteiger partial charge on any atom is -0.459 e. The van der Waals surface area contributed by atoms with Crippen molar-refractivity contribution >= 4 is 17.0 Å². The number of carbonyl (C=O) groups is 1. The molecule has 2 amide bonds. The predicted molar refractivity (Wildman–Crippen MR) is 82.1 cm³/mol. The van der Waals surface area contributed by atoms with Crippen molar-refractivity contribution in [1.82, 2.24) is 10.6 Å². The van der Waals surface area contributed by atoms with E-state index in [1.165, 1.54) is 0 Å². The molecule has 0 bridgehead atoms. The number of benzene rings is 1. The molecule has 5 heteroatoms. The molecule has 0 aliphatic heterocycles. The van der Waals surface area contributed by atoms with Crippen molar-refractivity contribution < 1.29 is 14.3 Å². The van der Waals surface area contributed by atoms with Crippen LogP contribution in [0.15, 0.2) is 28.7 Å². The van der Waals surface area contributed by atoms with Crippen LogP contribution in [0.1, 0.15) is 24.7 Å². The summed E-state index contributed by atoms with van der Waals surface area (Å²) in [7, 11) is 0. The van der Waals surface area contributed by atoms with Gasteiger partial charge in [0.25, 0.3) is 0 Å². The molecule has 5 nitrogen and oxygen atoms in total. The summed E-state index contributed by atoms with van der Waals surface area (Å²) in [5.41, 5.74) is 1.89. The Balaban J connectivity index is 1.87. The summed E-state index contributed by atoms with van der Waals surface area (Å²) in [5.74, 6) is 1.03. The number of carbonyl (C=O) groups excluding carboxylic acids is 1. The van der Waals surface area contributed by atoms with E-state index in [2.05, 4.69) is 10.6 Å². The number of aryl methyl sites for hydroxylation is 1. The molecule has 0 spiro atoms. The molecule has 21 heavy (non-hydrogen) atoms. The lowest BCUT2D eigenvalue weighted by Crippen LogP contribution is -2.37. The van der Waals surface area contributed by atoms with Gasteiger partial charge >= 0.3 is 6.03 Å². The van der Waals surface area contributed by atoms with Crippen LogP contribution in [0.25, 0.3) is 11.0 Å². The van der Waals surface area contributed by atoms with Crippen molar-refractivity contribution in [2.45, 2.75) is 26.8 Å². The fourth-order valence-corrected chi connectivity index (χ4v) is 2.21. The molecule has 2 aromatic rings. The van der Waals surface area contributed by atoms with Crippen LogP contribution in [-0.2, 0) is 6.54 Å². The number of fused-ring (bicyclic) bond motifs is 1. The van der Waals surface area contributed by atoms with E-state index in [4.69, 9.17) is 9.52 Å². The zero-order valence-electron chi connectivity index (χ0n) is 12.5. The number of furan rings is 1. The minimum atomic E-state index is -0.223. The van der Waals surface area contributed by atoms with Gasteiger partial charge in [0.1, 0.15) is 11.3 Å². The fourth-order valence-electron chi connectivity index (χ4n) is 2.21. The van der Waals surface area contributed by atoms with Gasteiger partial charge in [0.15, 0.2) is 0 Å². The van der Waals surface area contributed by atoms with Crippen LogP contribution >= 0.6 is 0 Å². The number of hydrogen-bond acceptors (Lipinski definition) is 3. The Hall–Kier alpha value is -2.01. The minimum absolute atomic E-state index is 0.142. The van der Waals surface area contributed by atoms with Crippen LogP contribution in [0, 0.1) is 12.8 Å². The molecule has 2 rings (SSSR count). The number of nitrogens with one attached hydrogen (secondary N) is 2. The molecule has 1 unspecified atom stereocenters. The summed E-state index contributed by atoms with van der Waals surface area (Å²) in [4.78, 5) is 11.7. The summed E-state index contributed by atoms with van der Waals surface area (Å²) in [6.45, 7) is 5.03. The second kappa shape index (κ2) is 7.13. The Morgan fingerprint density at radius 3 is 2.81 bits per heavy atom. The van der Waals surface area contributed by atoms with Gasteiger partial charge in [-0.2, -0.15) is 0 Å². The van der Waals surface area contributed by atoms with E-state index in [1.54, 1.807) is 0 Å². The molecule has 0 aliphatic rings. The lowest BCUT2D eigenvalue weighted by Gasteiger charge is -2.11. The topological polar surface area (TPSA) is 74.5 Å². The van der Waals surface area contributed by atoms with E-state index < -0.39 is 0 Å². The van der Waals surface area contributed by atoms with E-state index in [0.29, 0.717) is 19.5 Å². The molecule has 0 fully saturated rings. The molecule has 3 N–H and O–H groups in total. The normalized spacial score (nSPS) is 12.3. The second-order valence-electron chi connectivity index (χ2n) is 5.33. The molecule has 0 saturated heterocycles.